The summed E-state index contributed by atoms with van der Waals surface area (Å²) in [6.07, 6.45) is 1.46. The van der Waals surface area contributed by atoms with E-state index in [0.717, 1.165) is 6.42 Å². The molecule has 0 aliphatic heterocycles. The molecule has 0 aromatic heterocycles. The second kappa shape index (κ2) is 6.05. The van der Waals surface area contributed by atoms with E-state index in [2.05, 4.69) is 5.32 Å². The Kier molecular flexibility index (Phi) is 4.71. The first-order valence-corrected chi connectivity index (χ1v) is 5.49. The van der Waals surface area contributed by atoms with E-state index in [1.165, 1.54) is 12.1 Å². The molecule has 0 saturated heterocycles. The van der Waals surface area contributed by atoms with Crippen LogP contribution < -0.4 is 11.1 Å². The van der Waals surface area contributed by atoms with Crippen molar-refractivity contribution in [3.05, 3.63) is 28.3 Å². The molecule has 0 radical (unpaired) electrons. The van der Waals surface area contributed by atoms with Crippen molar-refractivity contribution in [3.8, 4) is 0 Å². The van der Waals surface area contributed by atoms with Crippen LogP contribution in [0.4, 0.5) is 17.1 Å². The lowest BCUT2D eigenvalue weighted by atomic mass is 10.1. The minimum atomic E-state index is -0.481. The lowest BCUT2D eigenvalue weighted by molar-refractivity contribution is -0.384. The van der Waals surface area contributed by atoms with Crippen LogP contribution in [0.25, 0.3) is 0 Å². The largest absolute Gasteiger partial charge is 0.397 e. The van der Waals surface area contributed by atoms with E-state index in [9.17, 15) is 10.1 Å². The summed E-state index contributed by atoms with van der Waals surface area (Å²) < 4.78 is 0. The van der Waals surface area contributed by atoms with Crippen molar-refractivity contribution < 1.29 is 10.0 Å². The van der Waals surface area contributed by atoms with Crippen LogP contribution in [-0.4, -0.2) is 22.7 Å². The number of hydrogen-bond donors (Lipinski definition) is 3. The number of anilines is 2. The molecule has 0 aliphatic carbocycles. The quantitative estimate of drug-likeness (QED) is 0.399. The normalized spacial score (nSPS) is 12.1. The molecule has 1 atom stereocenters. The number of nitrogens with zero attached hydrogens (tertiary/aromatic N) is 1. The fourth-order valence-electron chi connectivity index (χ4n) is 1.55. The van der Waals surface area contributed by atoms with E-state index in [0.29, 0.717) is 17.8 Å². The zero-order valence-electron chi connectivity index (χ0n) is 9.72. The van der Waals surface area contributed by atoms with Crippen molar-refractivity contribution in [2.45, 2.75) is 25.8 Å². The summed E-state index contributed by atoms with van der Waals surface area (Å²) in [5, 5.41) is 22.6. The number of aliphatic hydroxyl groups is 1. The van der Waals surface area contributed by atoms with Gasteiger partial charge in [0.2, 0.25) is 0 Å². The highest BCUT2D eigenvalue weighted by Crippen LogP contribution is 2.25. The summed E-state index contributed by atoms with van der Waals surface area (Å²) in [5.41, 5.74) is 6.71. The number of nitro benzene ring substituents is 1. The van der Waals surface area contributed by atoms with Gasteiger partial charge in [-0.1, -0.05) is 6.92 Å². The standard InChI is InChI=1S/C11H17N3O3/c1-2-8(5-6-15)13-11-4-3-9(14(16)17)7-10(11)12/h3-4,7-8,13,15H,2,5-6,12H2,1H3. The van der Waals surface area contributed by atoms with E-state index in [1.807, 2.05) is 6.92 Å². The molecule has 0 amide bonds. The van der Waals surface area contributed by atoms with Crippen molar-refractivity contribution >= 4 is 17.1 Å². The molecule has 1 unspecified atom stereocenters. The number of hydrogen-bond acceptors (Lipinski definition) is 5. The van der Waals surface area contributed by atoms with Crippen molar-refractivity contribution in [1.29, 1.82) is 0 Å². The molecule has 0 fully saturated rings. The van der Waals surface area contributed by atoms with Gasteiger partial charge in [-0.3, -0.25) is 10.1 Å². The molecule has 0 bridgehead atoms. The lowest BCUT2D eigenvalue weighted by Gasteiger charge is -2.18. The highest BCUT2D eigenvalue weighted by atomic mass is 16.6. The Labute approximate surface area is 99.6 Å². The molecular formula is C11H17N3O3. The summed E-state index contributed by atoms with van der Waals surface area (Å²) in [6.45, 7) is 2.09. The molecule has 0 aliphatic rings. The van der Waals surface area contributed by atoms with Crippen LogP contribution in [0.3, 0.4) is 0 Å². The van der Waals surface area contributed by atoms with E-state index in [4.69, 9.17) is 10.8 Å². The van der Waals surface area contributed by atoms with Crippen LogP contribution in [0, 0.1) is 10.1 Å². The van der Waals surface area contributed by atoms with Crippen LogP contribution in [0.1, 0.15) is 19.8 Å². The fourth-order valence-corrected chi connectivity index (χ4v) is 1.55. The van der Waals surface area contributed by atoms with Gasteiger partial charge in [-0.25, -0.2) is 0 Å². The second-order valence-electron chi connectivity index (χ2n) is 3.79. The monoisotopic (exact) mass is 239 g/mol. The minimum Gasteiger partial charge on any atom is -0.397 e. The first-order valence-electron chi connectivity index (χ1n) is 5.49. The third-order valence-corrected chi connectivity index (χ3v) is 2.58. The molecule has 6 heteroatoms. The number of non-ortho nitro benzene ring substituents is 1. The van der Waals surface area contributed by atoms with E-state index < -0.39 is 4.92 Å². The Hall–Kier alpha value is -1.82. The SMILES string of the molecule is CCC(CCO)Nc1ccc([N+](=O)[O-])cc1N. The number of nitro groups is 1. The number of nitrogens with two attached hydrogens (primary N) is 1. The lowest BCUT2D eigenvalue weighted by Crippen LogP contribution is -2.20. The Morgan fingerprint density at radius 1 is 1.59 bits per heavy atom. The van der Waals surface area contributed by atoms with Crippen molar-refractivity contribution in [1.82, 2.24) is 0 Å². The van der Waals surface area contributed by atoms with Gasteiger partial charge >= 0.3 is 0 Å². The number of nitrogen functional groups attached to an aromatic ring is 1. The summed E-state index contributed by atoms with van der Waals surface area (Å²) in [6, 6.07) is 4.44. The maximum Gasteiger partial charge on any atom is 0.271 e. The van der Waals surface area contributed by atoms with Gasteiger partial charge in [0, 0.05) is 24.8 Å². The predicted molar refractivity (Wildman–Crippen MR) is 66.9 cm³/mol. The highest BCUT2D eigenvalue weighted by Gasteiger charge is 2.11. The van der Waals surface area contributed by atoms with Gasteiger partial charge in [0.25, 0.3) is 5.69 Å². The Morgan fingerprint density at radius 2 is 2.29 bits per heavy atom. The average Bonchev–Trinajstić information content (AvgIpc) is 2.30. The van der Waals surface area contributed by atoms with Crippen molar-refractivity contribution in [2.75, 3.05) is 17.7 Å². The molecule has 0 spiro atoms. The average molecular weight is 239 g/mol. The Morgan fingerprint density at radius 3 is 2.76 bits per heavy atom. The molecule has 0 heterocycles. The third-order valence-electron chi connectivity index (χ3n) is 2.58. The molecule has 94 valence electrons. The molecular weight excluding hydrogens is 222 g/mol. The number of aliphatic hydroxyl groups excluding tert-OH is 1. The van der Waals surface area contributed by atoms with Crippen LogP contribution in [0.2, 0.25) is 0 Å². The molecule has 0 saturated carbocycles. The fraction of sp³-hybridized carbons (Fsp3) is 0.455. The van der Waals surface area contributed by atoms with Crippen LogP contribution in [0.15, 0.2) is 18.2 Å². The van der Waals surface area contributed by atoms with Crippen LogP contribution in [0.5, 0.6) is 0 Å². The highest BCUT2D eigenvalue weighted by molar-refractivity contribution is 5.69. The predicted octanol–water partition coefficient (Wildman–Crippen LogP) is 1.75. The van der Waals surface area contributed by atoms with Gasteiger partial charge in [-0.2, -0.15) is 0 Å². The number of nitrogens with one attached hydrogen (secondary N) is 1. The molecule has 1 rings (SSSR count). The van der Waals surface area contributed by atoms with Gasteiger partial charge < -0.3 is 16.2 Å². The maximum absolute atomic E-state index is 10.5. The van der Waals surface area contributed by atoms with Gasteiger partial charge in [0.05, 0.1) is 16.3 Å². The zero-order valence-corrected chi connectivity index (χ0v) is 9.72. The van der Waals surface area contributed by atoms with Gasteiger partial charge in [-0.05, 0) is 18.9 Å². The van der Waals surface area contributed by atoms with E-state index in [-0.39, 0.29) is 18.3 Å². The first kappa shape index (κ1) is 13.2. The van der Waals surface area contributed by atoms with Crippen molar-refractivity contribution in [3.63, 3.8) is 0 Å². The molecule has 1 aromatic carbocycles. The maximum atomic E-state index is 10.5. The minimum absolute atomic E-state index is 0.0248. The van der Waals surface area contributed by atoms with Crippen LogP contribution >= 0.6 is 0 Å². The summed E-state index contributed by atoms with van der Waals surface area (Å²) in [7, 11) is 0. The third kappa shape index (κ3) is 3.60. The first-order chi connectivity index (χ1) is 8.08. The van der Waals surface area contributed by atoms with Gasteiger partial charge in [0.15, 0.2) is 0 Å². The van der Waals surface area contributed by atoms with Crippen molar-refractivity contribution in [2.24, 2.45) is 0 Å². The second-order valence-corrected chi connectivity index (χ2v) is 3.79. The Bertz CT molecular complexity index is 396. The van der Waals surface area contributed by atoms with E-state index >= 15 is 0 Å². The molecule has 1 aromatic rings. The van der Waals surface area contributed by atoms with E-state index in [1.54, 1.807) is 6.07 Å². The Balaban J connectivity index is 2.81. The summed E-state index contributed by atoms with van der Waals surface area (Å²) in [4.78, 5) is 10.1. The van der Waals surface area contributed by atoms with Gasteiger partial charge in [0.1, 0.15) is 0 Å². The zero-order chi connectivity index (χ0) is 12.8. The number of benzene rings is 1. The van der Waals surface area contributed by atoms with Gasteiger partial charge in [-0.15, -0.1) is 0 Å². The summed E-state index contributed by atoms with van der Waals surface area (Å²) in [5.74, 6) is 0. The van der Waals surface area contributed by atoms with Crippen LogP contribution in [-0.2, 0) is 0 Å². The summed E-state index contributed by atoms with van der Waals surface area (Å²) >= 11 is 0. The molecule has 17 heavy (non-hydrogen) atoms. The topological polar surface area (TPSA) is 101 Å². The number of rotatable bonds is 6. The molecule has 4 N–H and O–H groups in total. The smallest absolute Gasteiger partial charge is 0.271 e. The molecule has 6 nitrogen and oxygen atoms in total.